The molecule has 1 aromatic carbocycles. The van der Waals surface area contributed by atoms with Gasteiger partial charge in [-0.2, -0.15) is 0 Å². The van der Waals surface area contributed by atoms with E-state index < -0.39 is 0 Å². The first-order valence-corrected chi connectivity index (χ1v) is 4.84. The minimum absolute atomic E-state index is 0.141. The Kier molecular flexibility index (Phi) is 3.63. The van der Waals surface area contributed by atoms with Crippen LogP contribution in [0.5, 0.6) is 0 Å². The summed E-state index contributed by atoms with van der Waals surface area (Å²) in [7, 11) is 0. The van der Waals surface area contributed by atoms with Gasteiger partial charge >= 0.3 is 0 Å². The van der Waals surface area contributed by atoms with Gasteiger partial charge in [0.05, 0.1) is 0 Å². The lowest BCUT2D eigenvalue weighted by Crippen LogP contribution is -1.99. The molecule has 0 N–H and O–H groups in total. The number of rotatable bonds is 4. The maximum atomic E-state index is 11.3. The number of carbonyl (C=O) groups is 1. The van der Waals surface area contributed by atoms with Crippen molar-refractivity contribution in [3.63, 3.8) is 0 Å². The standard InChI is InChI=1S/C13H16O/c1-10(2)8-9-12-6-4-5-7-13(12)11(3)14/h4-7H,1,8-9H2,2-3H3. The van der Waals surface area contributed by atoms with Crippen LogP contribution in [0.4, 0.5) is 0 Å². The Bertz CT molecular complexity index is 350. The Hall–Kier alpha value is -1.37. The molecule has 1 nitrogen and oxygen atoms in total. The normalized spacial score (nSPS) is 9.86. The van der Waals surface area contributed by atoms with Gasteiger partial charge in [0.2, 0.25) is 0 Å². The van der Waals surface area contributed by atoms with Crippen LogP contribution in [0.3, 0.4) is 0 Å². The van der Waals surface area contributed by atoms with Gasteiger partial charge in [0, 0.05) is 5.56 Å². The molecule has 0 aliphatic rings. The molecule has 0 spiro atoms. The average Bonchev–Trinajstić information content (AvgIpc) is 2.15. The van der Waals surface area contributed by atoms with E-state index in [-0.39, 0.29) is 5.78 Å². The van der Waals surface area contributed by atoms with Crippen LogP contribution in [0.2, 0.25) is 0 Å². The van der Waals surface area contributed by atoms with Gasteiger partial charge < -0.3 is 0 Å². The Morgan fingerprint density at radius 3 is 2.50 bits per heavy atom. The Balaban J connectivity index is 2.84. The van der Waals surface area contributed by atoms with Crippen LogP contribution in [-0.4, -0.2) is 5.78 Å². The molecule has 14 heavy (non-hydrogen) atoms. The van der Waals surface area contributed by atoms with Crippen molar-refractivity contribution in [2.24, 2.45) is 0 Å². The second-order valence-electron chi connectivity index (χ2n) is 3.67. The van der Waals surface area contributed by atoms with Crippen LogP contribution < -0.4 is 0 Å². The highest BCUT2D eigenvalue weighted by Crippen LogP contribution is 2.13. The van der Waals surface area contributed by atoms with Crippen LogP contribution in [-0.2, 0) is 6.42 Å². The molecule has 0 radical (unpaired) electrons. The lowest BCUT2D eigenvalue weighted by molar-refractivity contribution is 0.101. The van der Waals surface area contributed by atoms with Crippen molar-refractivity contribution in [2.45, 2.75) is 26.7 Å². The highest BCUT2D eigenvalue weighted by molar-refractivity contribution is 5.95. The van der Waals surface area contributed by atoms with E-state index in [1.807, 2.05) is 31.2 Å². The molecule has 0 aliphatic heterocycles. The third kappa shape index (κ3) is 2.84. The van der Waals surface area contributed by atoms with E-state index in [4.69, 9.17) is 0 Å². The Morgan fingerprint density at radius 2 is 1.93 bits per heavy atom. The third-order valence-corrected chi connectivity index (χ3v) is 2.22. The Morgan fingerprint density at radius 1 is 1.29 bits per heavy atom. The molecule has 0 atom stereocenters. The van der Waals surface area contributed by atoms with E-state index in [9.17, 15) is 4.79 Å². The zero-order valence-electron chi connectivity index (χ0n) is 8.84. The molecule has 0 aliphatic carbocycles. The lowest BCUT2D eigenvalue weighted by Gasteiger charge is -2.05. The van der Waals surface area contributed by atoms with Crippen LogP contribution in [0, 0.1) is 0 Å². The number of carbonyl (C=O) groups excluding carboxylic acids is 1. The fraction of sp³-hybridized carbons (Fsp3) is 0.308. The molecule has 1 rings (SSSR count). The summed E-state index contributed by atoms with van der Waals surface area (Å²) in [5, 5.41) is 0. The maximum absolute atomic E-state index is 11.3. The van der Waals surface area contributed by atoms with E-state index in [1.165, 1.54) is 0 Å². The number of hydrogen-bond acceptors (Lipinski definition) is 1. The summed E-state index contributed by atoms with van der Waals surface area (Å²) in [6.45, 7) is 7.48. The predicted molar refractivity (Wildman–Crippen MR) is 59.6 cm³/mol. The van der Waals surface area contributed by atoms with E-state index in [0.29, 0.717) is 0 Å². The molecular formula is C13H16O. The van der Waals surface area contributed by atoms with Crippen molar-refractivity contribution >= 4 is 5.78 Å². The molecule has 0 unspecified atom stereocenters. The first kappa shape index (κ1) is 10.7. The summed E-state index contributed by atoms with van der Waals surface area (Å²) < 4.78 is 0. The van der Waals surface area contributed by atoms with E-state index >= 15 is 0 Å². The zero-order chi connectivity index (χ0) is 10.6. The SMILES string of the molecule is C=C(C)CCc1ccccc1C(C)=O. The molecule has 0 saturated heterocycles. The highest BCUT2D eigenvalue weighted by atomic mass is 16.1. The second-order valence-corrected chi connectivity index (χ2v) is 3.67. The average molecular weight is 188 g/mol. The molecule has 1 aromatic rings. The van der Waals surface area contributed by atoms with Crippen molar-refractivity contribution in [3.8, 4) is 0 Å². The first-order valence-electron chi connectivity index (χ1n) is 4.84. The topological polar surface area (TPSA) is 17.1 Å². The van der Waals surface area contributed by atoms with E-state index in [1.54, 1.807) is 6.92 Å². The van der Waals surface area contributed by atoms with Gasteiger partial charge in [-0.15, -0.1) is 6.58 Å². The quantitative estimate of drug-likeness (QED) is 0.523. The largest absolute Gasteiger partial charge is 0.295 e. The minimum Gasteiger partial charge on any atom is -0.295 e. The number of benzene rings is 1. The van der Waals surface area contributed by atoms with E-state index in [2.05, 4.69) is 6.58 Å². The predicted octanol–water partition coefficient (Wildman–Crippen LogP) is 3.40. The lowest BCUT2D eigenvalue weighted by atomic mass is 9.99. The van der Waals surface area contributed by atoms with Gasteiger partial charge in [-0.1, -0.05) is 29.8 Å². The fourth-order valence-corrected chi connectivity index (χ4v) is 1.43. The van der Waals surface area contributed by atoms with Crippen LogP contribution in [0.25, 0.3) is 0 Å². The van der Waals surface area contributed by atoms with Crippen LogP contribution in [0.1, 0.15) is 36.2 Å². The molecule has 74 valence electrons. The van der Waals surface area contributed by atoms with Gasteiger partial charge in [-0.25, -0.2) is 0 Å². The molecule has 0 heterocycles. The molecule has 0 amide bonds. The number of Topliss-reactive ketones (excluding diaryl/α,β-unsaturated/α-hetero) is 1. The van der Waals surface area contributed by atoms with Crippen molar-refractivity contribution in [2.75, 3.05) is 0 Å². The third-order valence-electron chi connectivity index (χ3n) is 2.22. The number of allylic oxidation sites excluding steroid dienone is 1. The molecule has 0 aromatic heterocycles. The summed E-state index contributed by atoms with van der Waals surface area (Å²) in [6.07, 6.45) is 1.86. The maximum Gasteiger partial charge on any atom is 0.160 e. The molecule has 1 heteroatoms. The van der Waals surface area contributed by atoms with Gasteiger partial charge in [0.1, 0.15) is 0 Å². The van der Waals surface area contributed by atoms with Crippen LogP contribution >= 0.6 is 0 Å². The Labute approximate surface area is 85.5 Å². The summed E-state index contributed by atoms with van der Waals surface area (Å²) in [5.74, 6) is 0.141. The van der Waals surface area contributed by atoms with Gasteiger partial charge in [0.25, 0.3) is 0 Å². The van der Waals surface area contributed by atoms with Crippen molar-refractivity contribution < 1.29 is 4.79 Å². The van der Waals surface area contributed by atoms with Gasteiger partial charge in [-0.05, 0) is 32.3 Å². The molecular weight excluding hydrogens is 172 g/mol. The van der Waals surface area contributed by atoms with Gasteiger partial charge in [0.15, 0.2) is 5.78 Å². The van der Waals surface area contributed by atoms with Crippen molar-refractivity contribution in [1.29, 1.82) is 0 Å². The summed E-state index contributed by atoms with van der Waals surface area (Å²) in [4.78, 5) is 11.3. The number of hydrogen-bond donors (Lipinski definition) is 0. The van der Waals surface area contributed by atoms with Crippen molar-refractivity contribution in [3.05, 3.63) is 47.5 Å². The summed E-state index contributed by atoms with van der Waals surface area (Å²) in [6, 6.07) is 7.77. The van der Waals surface area contributed by atoms with Gasteiger partial charge in [-0.3, -0.25) is 4.79 Å². The molecule has 0 saturated carbocycles. The van der Waals surface area contributed by atoms with Crippen molar-refractivity contribution in [1.82, 2.24) is 0 Å². The number of aryl methyl sites for hydroxylation is 1. The van der Waals surface area contributed by atoms with Crippen LogP contribution in [0.15, 0.2) is 36.4 Å². The summed E-state index contributed by atoms with van der Waals surface area (Å²) in [5.41, 5.74) is 3.13. The molecule has 0 bridgehead atoms. The second kappa shape index (κ2) is 4.75. The highest BCUT2D eigenvalue weighted by Gasteiger charge is 2.05. The molecule has 0 fully saturated rings. The number of ketones is 1. The zero-order valence-corrected chi connectivity index (χ0v) is 8.84. The minimum atomic E-state index is 0.141. The monoisotopic (exact) mass is 188 g/mol. The smallest absolute Gasteiger partial charge is 0.160 e. The van der Waals surface area contributed by atoms with E-state index in [0.717, 1.165) is 29.5 Å². The summed E-state index contributed by atoms with van der Waals surface area (Å²) >= 11 is 0. The fourth-order valence-electron chi connectivity index (χ4n) is 1.43. The first-order chi connectivity index (χ1) is 6.61.